The van der Waals surface area contributed by atoms with E-state index in [0.29, 0.717) is 11.7 Å². The van der Waals surface area contributed by atoms with Gasteiger partial charge in [0.2, 0.25) is 5.91 Å². The van der Waals surface area contributed by atoms with Crippen molar-refractivity contribution in [1.29, 1.82) is 0 Å². The van der Waals surface area contributed by atoms with Crippen molar-refractivity contribution >= 4 is 29.2 Å². The first kappa shape index (κ1) is 15.3. The lowest BCUT2D eigenvalue weighted by atomic mass is 10.1. The monoisotopic (exact) mass is 325 g/mol. The number of carbonyl (C=O) groups is 1. The van der Waals surface area contributed by atoms with Crippen LogP contribution in [-0.2, 0) is 11.3 Å². The van der Waals surface area contributed by atoms with Gasteiger partial charge in [0.15, 0.2) is 0 Å². The standard InChI is InChI=1S/C18H16ClN3O/c1-13-5-7-14(8-6-13)9-10-18(23)20-11-15-12-22-16(19)3-2-4-17(22)21-15/h2-10,12H,11H2,1H3,(H,20,23)/b10-9+. The van der Waals surface area contributed by atoms with E-state index in [4.69, 9.17) is 11.6 Å². The van der Waals surface area contributed by atoms with Gasteiger partial charge in [-0.3, -0.25) is 9.20 Å². The predicted molar refractivity (Wildman–Crippen MR) is 92.3 cm³/mol. The molecule has 3 aromatic rings. The zero-order chi connectivity index (χ0) is 16.2. The van der Waals surface area contributed by atoms with Crippen LogP contribution in [0.3, 0.4) is 0 Å². The number of aryl methyl sites for hydroxylation is 1. The number of carbonyl (C=O) groups excluding carboxylic acids is 1. The number of hydrogen-bond acceptors (Lipinski definition) is 2. The maximum absolute atomic E-state index is 11.9. The quantitative estimate of drug-likeness (QED) is 0.588. The largest absolute Gasteiger partial charge is 0.347 e. The van der Waals surface area contributed by atoms with Gasteiger partial charge in [-0.1, -0.05) is 47.5 Å². The summed E-state index contributed by atoms with van der Waals surface area (Å²) in [7, 11) is 0. The van der Waals surface area contributed by atoms with E-state index < -0.39 is 0 Å². The van der Waals surface area contributed by atoms with E-state index in [-0.39, 0.29) is 5.91 Å². The fraction of sp³-hybridized carbons (Fsp3) is 0.111. The van der Waals surface area contributed by atoms with Crippen LogP contribution >= 0.6 is 11.6 Å². The first-order valence-electron chi connectivity index (χ1n) is 7.27. The highest BCUT2D eigenvalue weighted by Crippen LogP contribution is 2.13. The lowest BCUT2D eigenvalue weighted by Gasteiger charge is -1.98. The molecule has 0 bridgehead atoms. The molecule has 0 spiro atoms. The van der Waals surface area contributed by atoms with E-state index in [1.54, 1.807) is 16.5 Å². The highest BCUT2D eigenvalue weighted by atomic mass is 35.5. The van der Waals surface area contributed by atoms with Crippen molar-refractivity contribution in [3.63, 3.8) is 0 Å². The maximum atomic E-state index is 11.9. The summed E-state index contributed by atoms with van der Waals surface area (Å²) in [5, 5.41) is 3.41. The van der Waals surface area contributed by atoms with Crippen molar-refractivity contribution in [3.05, 3.63) is 76.7 Å². The molecular weight excluding hydrogens is 310 g/mol. The van der Waals surface area contributed by atoms with E-state index in [2.05, 4.69) is 10.3 Å². The SMILES string of the molecule is Cc1ccc(/C=C/C(=O)NCc2cn3c(Cl)cccc3n2)cc1. The molecule has 0 unspecified atom stereocenters. The molecular formula is C18H16ClN3O. The van der Waals surface area contributed by atoms with Crippen LogP contribution in [0.15, 0.2) is 54.7 Å². The van der Waals surface area contributed by atoms with Gasteiger partial charge in [0.05, 0.1) is 12.2 Å². The second-order valence-electron chi connectivity index (χ2n) is 5.27. The molecule has 116 valence electrons. The molecule has 1 amide bonds. The van der Waals surface area contributed by atoms with Crippen molar-refractivity contribution in [2.75, 3.05) is 0 Å². The number of pyridine rings is 1. The van der Waals surface area contributed by atoms with Gasteiger partial charge in [0.1, 0.15) is 10.8 Å². The summed E-state index contributed by atoms with van der Waals surface area (Å²) in [5.74, 6) is -0.159. The molecule has 1 N–H and O–H groups in total. The van der Waals surface area contributed by atoms with Gasteiger partial charge in [0, 0.05) is 12.3 Å². The number of aromatic nitrogens is 2. The Morgan fingerprint density at radius 2 is 2.04 bits per heavy atom. The molecule has 0 saturated carbocycles. The predicted octanol–water partition coefficient (Wildman–Crippen LogP) is 3.63. The fourth-order valence-corrected chi connectivity index (χ4v) is 2.41. The van der Waals surface area contributed by atoms with Gasteiger partial charge < -0.3 is 5.32 Å². The van der Waals surface area contributed by atoms with E-state index in [9.17, 15) is 4.79 Å². The number of halogens is 1. The number of nitrogens with zero attached hydrogens (tertiary/aromatic N) is 2. The van der Waals surface area contributed by atoms with Crippen LogP contribution < -0.4 is 5.32 Å². The number of amides is 1. The summed E-state index contributed by atoms with van der Waals surface area (Å²) in [6.45, 7) is 2.39. The van der Waals surface area contributed by atoms with Gasteiger partial charge >= 0.3 is 0 Å². The van der Waals surface area contributed by atoms with E-state index in [1.807, 2.05) is 49.5 Å². The first-order valence-corrected chi connectivity index (χ1v) is 7.65. The zero-order valence-corrected chi connectivity index (χ0v) is 13.4. The molecule has 1 aromatic carbocycles. The molecule has 0 atom stereocenters. The Balaban J connectivity index is 1.61. The van der Waals surface area contributed by atoms with Crippen LogP contribution in [0.4, 0.5) is 0 Å². The lowest BCUT2D eigenvalue weighted by Crippen LogP contribution is -2.20. The molecule has 4 nitrogen and oxygen atoms in total. The fourth-order valence-electron chi connectivity index (χ4n) is 2.20. The summed E-state index contributed by atoms with van der Waals surface area (Å²) in [5.41, 5.74) is 3.70. The highest BCUT2D eigenvalue weighted by molar-refractivity contribution is 6.29. The van der Waals surface area contributed by atoms with Crippen molar-refractivity contribution in [1.82, 2.24) is 14.7 Å². The maximum Gasteiger partial charge on any atom is 0.244 e. The Morgan fingerprint density at radius 3 is 2.78 bits per heavy atom. The number of benzene rings is 1. The molecule has 0 radical (unpaired) electrons. The summed E-state index contributed by atoms with van der Waals surface area (Å²) in [6, 6.07) is 13.5. The van der Waals surface area contributed by atoms with Gasteiger partial charge in [-0.2, -0.15) is 0 Å². The first-order chi connectivity index (χ1) is 11.1. The number of fused-ring (bicyclic) bond motifs is 1. The number of nitrogens with one attached hydrogen (secondary N) is 1. The summed E-state index contributed by atoms with van der Waals surface area (Å²) < 4.78 is 1.78. The van der Waals surface area contributed by atoms with Crippen LogP contribution in [-0.4, -0.2) is 15.3 Å². The topological polar surface area (TPSA) is 46.4 Å². The van der Waals surface area contributed by atoms with Crippen LogP contribution in [0.25, 0.3) is 11.7 Å². The minimum atomic E-state index is -0.159. The molecule has 0 aliphatic carbocycles. The van der Waals surface area contributed by atoms with Crippen LogP contribution in [0.5, 0.6) is 0 Å². The van der Waals surface area contributed by atoms with Crippen molar-refractivity contribution in [3.8, 4) is 0 Å². The molecule has 0 fully saturated rings. The van der Waals surface area contributed by atoms with Gasteiger partial charge in [-0.25, -0.2) is 4.98 Å². The van der Waals surface area contributed by atoms with Gasteiger partial charge in [-0.05, 0) is 30.7 Å². The van der Waals surface area contributed by atoms with Crippen molar-refractivity contribution in [2.24, 2.45) is 0 Å². The Morgan fingerprint density at radius 1 is 1.26 bits per heavy atom. The average Bonchev–Trinajstić information content (AvgIpc) is 2.97. The molecule has 5 heteroatoms. The summed E-state index contributed by atoms with van der Waals surface area (Å²) in [4.78, 5) is 16.3. The Bertz CT molecular complexity index is 866. The van der Waals surface area contributed by atoms with Crippen LogP contribution in [0, 0.1) is 6.92 Å². The van der Waals surface area contributed by atoms with Crippen LogP contribution in [0.1, 0.15) is 16.8 Å². The normalized spacial score (nSPS) is 11.2. The minimum absolute atomic E-state index is 0.159. The molecule has 2 aromatic heterocycles. The van der Waals surface area contributed by atoms with Crippen molar-refractivity contribution in [2.45, 2.75) is 13.5 Å². The van der Waals surface area contributed by atoms with Gasteiger partial charge in [0.25, 0.3) is 0 Å². The highest BCUT2D eigenvalue weighted by Gasteiger charge is 2.04. The average molecular weight is 326 g/mol. The Hall–Kier alpha value is -2.59. The summed E-state index contributed by atoms with van der Waals surface area (Å²) in [6.07, 6.45) is 5.13. The molecule has 0 aliphatic heterocycles. The van der Waals surface area contributed by atoms with Crippen LogP contribution in [0.2, 0.25) is 5.15 Å². The molecule has 2 heterocycles. The van der Waals surface area contributed by atoms with Gasteiger partial charge in [-0.15, -0.1) is 0 Å². The number of imidazole rings is 1. The van der Waals surface area contributed by atoms with Crippen molar-refractivity contribution < 1.29 is 4.79 Å². The Labute approximate surface area is 139 Å². The minimum Gasteiger partial charge on any atom is -0.347 e. The second-order valence-corrected chi connectivity index (χ2v) is 5.66. The lowest BCUT2D eigenvalue weighted by molar-refractivity contribution is -0.116. The molecule has 3 rings (SSSR count). The molecule has 23 heavy (non-hydrogen) atoms. The van der Waals surface area contributed by atoms with E-state index in [1.165, 1.54) is 11.6 Å². The van der Waals surface area contributed by atoms with E-state index in [0.717, 1.165) is 16.9 Å². The Kier molecular flexibility index (Phi) is 4.44. The summed E-state index contributed by atoms with van der Waals surface area (Å²) >= 11 is 6.09. The third-order valence-electron chi connectivity index (χ3n) is 3.44. The molecule has 0 aliphatic rings. The van der Waals surface area contributed by atoms with E-state index >= 15 is 0 Å². The third-order valence-corrected chi connectivity index (χ3v) is 3.75. The number of rotatable bonds is 4. The molecule has 0 saturated heterocycles. The number of hydrogen-bond donors (Lipinski definition) is 1. The third kappa shape index (κ3) is 3.79. The smallest absolute Gasteiger partial charge is 0.244 e. The zero-order valence-electron chi connectivity index (χ0n) is 12.7. The second kappa shape index (κ2) is 6.67.